The van der Waals surface area contributed by atoms with Crippen molar-refractivity contribution in [3.05, 3.63) is 24.3 Å². The van der Waals surface area contributed by atoms with Crippen molar-refractivity contribution in [2.45, 2.75) is 30.5 Å². The molecule has 1 N–H and O–H groups in total. The Morgan fingerprint density at radius 3 is 3.00 bits per heavy atom. The zero-order valence-electron chi connectivity index (χ0n) is 10.1. The Hall–Kier alpha value is -0.710. The lowest BCUT2D eigenvalue weighted by atomic mass is 10.1. The highest BCUT2D eigenvalue weighted by atomic mass is 35.5. The highest BCUT2D eigenvalue weighted by Crippen LogP contribution is 2.24. The van der Waals surface area contributed by atoms with Crippen LogP contribution in [0.25, 0.3) is 11.1 Å². The van der Waals surface area contributed by atoms with Crippen molar-refractivity contribution in [1.82, 2.24) is 10.3 Å². The molecule has 98 valence electrons. The molecule has 1 aliphatic rings. The van der Waals surface area contributed by atoms with Crippen LogP contribution in [0.3, 0.4) is 0 Å². The van der Waals surface area contributed by atoms with Crippen LogP contribution in [0.1, 0.15) is 19.3 Å². The minimum Gasteiger partial charge on any atom is -0.431 e. The second kappa shape index (κ2) is 6.45. The number of rotatable bonds is 3. The van der Waals surface area contributed by atoms with Crippen molar-refractivity contribution >= 4 is 35.3 Å². The minimum atomic E-state index is 0. The molecule has 0 bridgehead atoms. The molecule has 2 aromatic rings. The number of oxazole rings is 1. The van der Waals surface area contributed by atoms with E-state index in [0.29, 0.717) is 6.04 Å². The van der Waals surface area contributed by atoms with E-state index in [1.807, 2.05) is 24.3 Å². The number of thioether (sulfide) groups is 1. The number of hydrogen-bond donors (Lipinski definition) is 1. The van der Waals surface area contributed by atoms with Gasteiger partial charge in [-0.05, 0) is 31.5 Å². The maximum atomic E-state index is 5.68. The van der Waals surface area contributed by atoms with Crippen LogP contribution in [0.2, 0.25) is 0 Å². The second-order valence-electron chi connectivity index (χ2n) is 4.41. The fourth-order valence-corrected chi connectivity index (χ4v) is 3.09. The first-order valence-electron chi connectivity index (χ1n) is 6.13. The highest BCUT2D eigenvalue weighted by molar-refractivity contribution is 7.99. The van der Waals surface area contributed by atoms with Crippen LogP contribution in [0.5, 0.6) is 0 Å². The summed E-state index contributed by atoms with van der Waals surface area (Å²) in [4.78, 5) is 4.47. The number of aromatic nitrogens is 1. The summed E-state index contributed by atoms with van der Waals surface area (Å²) in [7, 11) is 0. The molecule has 1 aromatic heterocycles. The van der Waals surface area contributed by atoms with Gasteiger partial charge in [0.1, 0.15) is 5.52 Å². The topological polar surface area (TPSA) is 38.1 Å². The van der Waals surface area contributed by atoms with Crippen LogP contribution in [-0.2, 0) is 0 Å². The molecular formula is C13H17ClN2OS. The van der Waals surface area contributed by atoms with Gasteiger partial charge >= 0.3 is 0 Å². The third kappa shape index (κ3) is 3.19. The second-order valence-corrected chi connectivity index (χ2v) is 5.38. The van der Waals surface area contributed by atoms with Crippen molar-refractivity contribution in [3.8, 4) is 0 Å². The van der Waals surface area contributed by atoms with Gasteiger partial charge < -0.3 is 9.73 Å². The first-order chi connectivity index (χ1) is 8.42. The van der Waals surface area contributed by atoms with Gasteiger partial charge in [-0.2, -0.15) is 0 Å². The van der Waals surface area contributed by atoms with Gasteiger partial charge in [0.05, 0.1) is 0 Å². The average molecular weight is 285 g/mol. The Bertz CT molecular complexity index is 463. The maximum Gasteiger partial charge on any atom is 0.256 e. The van der Waals surface area contributed by atoms with E-state index in [2.05, 4.69) is 10.3 Å². The number of nitrogens with one attached hydrogen (secondary N) is 1. The number of halogens is 1. The number of piperidine rings is 1. The molecule has 5 heteroatoms. The summed E-state index contributed by atoms with van der Waals surface area (Å²) in [6.45, 7) is 1.15. The molecule has 3 rings (SSSR count). The molecule has 3 nitrogen and oxygen atoms in total. The Morgan fingerprint density at radius 2 is 2.22 bits per heavy atom. The van der Waals surface area contributed by atoms with E-state index in [1.165, 1.54) is 19.3 Å². The molecule has 0 spiro atoms. The number of para-hydroxylation sites is 2. The maximum absolute atomic E-state index is 5.68. The summed E-state index contributed by atoms with van der Waals surface area (Å²) >= 11 is 1.71. The van der Waals surface area contributed by atoms with Crippen LogP contribution in [0.15, 0.2) is 33.9 Å². The van der Waals surface area contributed by atoms with Crippen molar-refractivity contribution in [1.29, 1.82) is 0 Å². The largest absolute Gasteiger partial charge is 0.431 e. The Labute approximate surface area is 117 Å². The van der Waals surface area contributed by atoms with Crippen LogP contribution >= 0.6 is 24.2 Å². The molecule has 2 heterocycles. The molecule has 18 heavy (non-hydrogen) atoms. The van der Waals surface area contributed by atoms with E-state index in [9.17, 15) is 0 Å². The molecule has 1 aromatic carbocycles. The van der Waals surface area contributed by atoms with Gasteiger partial charge in [-0.25, -0.2) is 4.98 Å². The first kappa shape index (κ1) is 13.7. The van der Waals surface area contributed by atoms with Crippen molar-refractivity contribution in [2.75, 3.05) is 12.3 Å². The molecular weight excluding hydrogens is 268 g/mol. The minimum absolute atomic E-state index is 0. The summed E-state index contributed by atoms with van der Waals surface area (Å²) in [6.07, 6.45) is 3.92. The molecule has 1 unspecified atom stereocenters. The summed E-state index contributed by atoms with van der Waals surface area (Å²) in [6, 6.07) is 8.53. The standard InChI is InChI=1S/C13H16N2OS.ClH/c1-2-7-12-11(6-1)15-13(16-12)17-9-10-5-3-4-8-14-10;/h1-2,6-7,10,14H,3-5,8-9H2;1H. The lowest BCUT2D eigenvalue weighted by Gasteiger charge is -2.22. The third-order valence-corrected chi connectivity index (χ3v) is 4.09. The van der Waals surface area contributed by atoms with Crippen LogP contribution < -0.4 is 5.32 Å². The van der Waals surface area contributed by atoms with E-state index in [-0.39, 0.29) is 12.4 Å². The van der Waals surface area contributed by atoms with Gasteiger partial charge in [-0.15, -0.1) is 12.4 Å². The van der Waals surface area contributed by atoms with E-state index in [4.69, 9.17) is 4.42 Å². The molecule has 0 saturated carbocycles. The van der Waals surface area contributed by atoms with Gasteiger partial charge in [0.2, 0.25) is 0 Å². The number of benzene rings is 1. The highest BCUT2D eigenvalue weighted by Gasteiger charge is 2.14. The Balaban J connectivity index is 0.00000120. The van der Waals surface area contributed by atoms with Crippen LogP contribution in [-0.4, -0.2) is 23.3 Å². The fraction of sp³-hybridized carbons (Fsp3) is 0.462. The summed E-state index contributed by atoms with van der Waals surface area (Å²) < 4.78 is 5.68. The zero-order chi connectivity index (χ0) is 11.5. The third-order valence-electron chi connectivity index (χ3n) is 3.09. The smallest absolute Gasteiger partial charge is 0.256 e. The van der Waals surface area contributed by atoms with E-state index < -0.39 is 0 Å². The first-order valence-corrected chi connectivity index (χ1v) is 7.12. The fourth-order valence-electron chi connectivity index (χ4n) is 2.15. The number of fused-ring (bicyclic) bond motifs is 1. The lowest BCUT2D eigenvalue weighted by Crippen LogP contribution is -2.35. The summed E-state index contributed by atoms with van der Waals surface area (Å²) in [5, 5.41) is 4.32. The molecule has 0 aliphatic carbocycles. The molecule has 0 radical (unpaired) electrons. The summed E-state index contributed by atoms with van der Waals surface area (Å²) in [5.74, 6) is 1.05. The Morgan fingerprint density at radius 1 is 1.33 bits per heavy atom. The quantitative estimate of drug-likeness (QED) is 0.876. The van der Waals surface area contributed by atoms with Gasteiger partial charge in [-0.3, -0.25) is 0 Å². The van der Waals surface area contributed by atoms with E-state index in [0.717, 1.165) is 28.6 Å². The van der Waals surface area contributed by atoms with E-state index >= 15 is 0 Å². The number of nitrogens with zero attached hydrogens (tertiary/aromatic N) is 1. The SMILES string of the molecule is Cl.c1ccc2oc(SCC3CCCCN3)nc2c1. The van der Waals surface area contributed by atoms with Crippen molar-refractivity contribution in [3.63, 3.8) is 0 Å². The van der Waals surface area contributed by atoms with E-state index in [1.54, 1.807) is 11.8 Å². The molecule has 1 atom stereocenters. The van der Waals surface area contributed by atoms with Crippen LogP contribution in [0.4, 0.5) is 0 Å². The van der Waals surface area contributed by atoms with Gasteiger partial charge in [-0.1, -0.05) is 30.3 Å². The van der Waals surface area contributed by atoms with Gasteiger partial charge in [0, 0.05) is 11.8 Å². The zero-order valence-corrected chi connectivity index (χ0v) is 11.7. The van der Waals surface area contributed by atoms with Crippen molar-refractivity contribution < 1.29 is 4.42 Å². The monoisotopic (exact) mass is 284 g/mol. The molecule has 0 amide bonds. The van der Waals surface area contributed by atoms with Crippen molar-refractivity contribution in [2.24, 2.45) is 0 Å². The lowest BCUT2D eigenvalue weighted by molar-refractivity contribution is 0.427. The molecule has 1 aliphatic heterocycles. The predicted molar refractivity (Wildman–Crippen MR) is 77.6 cm³/mol. The Kier molecular flexibility index (Phi) is 4.92. The molecule has 1 fully saturated rings. The normalized spacial score (nSPS) is 19.7. The summed E-state index contributed by atoms with van der Waals surface area (Å²) in [5.41, 5.74) is 1.83. The van der Waals surface area contributed by atoms with Gasteiger partial charge in [0.25, 0.3) is 5.22 Å². The average Bonchev–Trinajstić information content (AvgIpc) is 2.80. The predicted octanol–water partition coefficient (Wildman–Crippen LogP) is 3.48. The van der Waals surface area contributed by atoms with Crippen LogP contribution in [0, 0.1) is 0 Å². The number of hydrogen-bond acceptors (Lipinski definition) is 4. The van der Waals surface area contributed by atoms with Gasteiger partial charge in [0.15, 0.2) is 5.58 Å². The molecule has 1 saturated heterocycles.